The van der Waals surface area contributed by atoms with Gasteiger partial charge in [0.05, 0.1) is 5.84 Å². The van der Waals surface area contributed by atoms with Crippen molar-refractivity contribution in [2.45, 2.75) is 57.9 Å². The first-order valence-electron chi connectivity index (χ1n) is 6.16. The molecule has 0 bridgehead atoms. The second kappa shape index (κ2) is 4.81. The molecule has 0 unspecified atom stereocenters. The van der Waals surface area contributed by atoms with Gasteiger partial charge in [-0.25, -0.2) is 0 Å². The van der Waals surface area contributed by atoms with Crippen LogP contribution >= 0.6 is 0 Å². The molecular weight excluding hydrogens is 172 g/mol. The Morgan fingerprint density at radius 2 is 2.00 bits per heavy atom. The van der Waals surface area contributed by atoms with Crippen molar-refractivity contribution in [3.8, 4) is 0 Å². The smallest absolute Gasteiger partial charge is 0.0965 e. The van der Waals surface area contributed by atoms with E-state index in [1.165, 1.54) is 50.8 Å². The second-order valence-electron chi connectivity index (χ2n) is 4.76. The molecular formula is C12H22N2. The minimum absolute atomic E-state index is 0.646. The van der Waals surface area contributed by atoms with E-state index in [9.17, 15) is 0 Å². The third kappa shape index (κ3) is 2.49. The maximum atomic E-state index is 4.48. The topological polar surface area (TPSA) is 24.4 Å². The van der Waals surface area contributed by atoms with Gasteiger partial charge in [-0.2, -0.15) is 0 Å². The van der Waals surface area contributed by atoms with Gasteiger partial charge >= 0.3 is 0 Å². The van der Waals surface area contributed by atoms with Gasteiger partial charge in [-0.15, -0.1) is 0 Å². The maximum absolute atomic E-state index is 4.48. The molecule has 1 aliphatic heterocycles. The fourth-order valence-electron chi connectivity index (χ4n) is 2.67. The third-order valence-electron chi connectivity index (χ3n) is 3.63. The van der Waals surface area contributed by atoms with Crippen molar-refractivity contribution in [2.24, 2.45) is 10.9 Å². The number of nitrogens with one attached hydrogen (secondary N) is 1. The lowest BCUT2D eigenvalue weighted by Gasteiger charge is -2.28. The van der Waals surface area contributed by atoms with Crippen LogP contribution in [0.3, 0.4) is 0 Å². The predicted octanol–water partition coefficient (Wildman–Crippen LogP) is 2.74. The summed E-state index contributed by atoms with van der Waals surface area (Å²) in [7, 11) is 0. The highest BCUT2D eigenvalue weighted by Crippen LogP contribution is 2.26. The van der Waals surface area contributed by atoms with Gasteiger partial charge in [0.2, 0.25) is 0 Å². The van der Waals surface area contributed by atoms with Gasteiger partial charge < -0.3 is 5.32 Å². The summed E-state index contributed by atoms with van der Waals surface area (Å²) in [6.45, 7) is 3.37. The number of rotatable bonds is 2. The fraction of sp³-hybridized carbons (Fsp3) is 0.917. The van der Waals surface area contributed by atoms with E-state index in [4.69, 9.17) is 0 Å². The lowest BCUT2D eigenvalue weighted by molar-refractivity contribution is 0.301. The molecule has 80 valence electrons. The first kappa shape index (κ1) is 10.0. The Morgan fingerprint density at radius 1 is 1.21 bits per heavy atom. The largest absolute Gasteiger partial charge is 0.371 e. The zero-order valence-electron chi connectivity index (χ0n) is 9.26. The van der Waals surface area contributed by atoms with Gasteiger partial charge in [-0.05, 0) is 32.1 Å². The SMILES string of the molecule is C[C@@H](NC1=NCCC1)C1CCCCC1. The molecule has 14 heavy (non-hydrogen) atoms. The Bertz CT molecular complexity index is 204. The van der Waals surface area contributed by atoms with Crippen molar-refractivity contribution >= 4 is 5.84 Å². The Balaban J connectivity index is 1.78. The van der Waals surface area contributed by atoms with Crippen LogP contribution in [0.5, 0.6) is 0 Å². The van der Waals surface area contributed by atoms with Gasteiger partial charge in [-0.3, -0.25) is 4.99 Å². The molecule has 0 aromatic rings. The molecule has 1 saturated carbocycles. The third-order valence-corrected chi connectivity index (χ3v) is 3.63. The molecule has 0 saturated heterocycles. The number of nitrogens with zero attached hydrogens (tertiary/aromatic N) is 1. The zero-order valence-corrected chi connectivity index (χ0v) is 9.26. The monoisotopic (exact) mass is 194 g/mol. The summed E-state index contributed by atoms with van der Waals surface area (Å²) in [6.07, 6.45) is 9.58. The van der Waals surface area contributed by atoms with Crippen LogP contribution in [0.1, 0.15) is 51.9 Å². The highest BCUT2D eigenvalue weighted by molar-refractivity contribution is 5.83. The van der Waals surface area contributed by atoms with Crippen LogP contribution in [0.25, 0.3) is 0 Å². The first-order valence-corrected chi connectivity index (χ1v) is 6.16. The van der Waals surface area contributed by atoms with Crippen molar-refractivity contribution in [1.29, 1.82) is 0 Å². The van der Waals surface area contributed by atoms with Crippen molar-refractivity contribution in [1.82, 2.24) is 5.32 Å². The van der Waals surface area contributed by atoms with E-state index >= 15 is 0 Å². The van der Waals surface area contributed by atoms with Gasteiger partial charge in [0.15, 0.2) is 0 Å². The van der Waals surface area contributed by atoms with E-state index in [1.54, 1.807) is 0 Å². The van der Waals surface area contributed by atoms with Crippen LogP contribution in [0.15, 0.2) is 4.99 Å². The van der Waals surface area contributed by atoms with E-state index in [0.29, 0.717) is 6.04 Å². The van der Waals surface area contributed by atoms with Gasteiger partial charge in [0, 0.05) is 19.0 Å². The number of amidine groups is 1. The van der Waals surface area contributed by atoms with Crippen molar-refractivity contribution in [3.63, 3.8) is 0 Å². The minimum Gasteiger partial charge on any atom is -0.371 e. The molecule has 1 atom stereocenters. The average molecular weight is 194 g/mol. The van der Waals surface area contributed by atoms with Crippen molar-refractivity contribution in [2.75, 3.05) is 6.54 Å². The molecule has 2 nitrogen and oxygen atoms in total. The van der Waals surface area contributed by atoms with E-state index in [2.05, 4.69) is 17.2 Å². The molecule has 2 rings (SSSR count). The number of aliphatic imine (C=N–C) groups is 1. The van der Waals surface area contributed by atoms with Crippen LogP contribution in [-0.2, 0) is 0 Å². The summed E-state index contributed by atoms with van der Waals surface area (Å²) in [5.41, 5.74) is 0. The van der Waals surface area contributed by atoms with E-state index in [0.717, 1.165) is 12.5 Å². The van der Waals surface area contributed by atoms with Crippen molar-refractivity contribution in [3.05, 3.63) is 0 Å². The normalized spacial score (nSPS) is 25.9. The summed E-state index contributed by atoms with van der Waals surface area (Å²) in [5.74, 6) is 2.16. The highest BCUT2D eigenvalue weighted by atomic mass is 15.0. The minimum atomic E-state index is 0.646. The fourth-order valence-corrected chi connectivity index (χ4v) is 2.67. The maximum Gasteiger partial charge on any atom is 0.0965 e. The average Bonchev–Trinajstić information content (AvgIpc) is 2.72. The van der Waals surface area contributed by atoms with Crippen LogP contribution in [0.4, 0.5) is 0 Å². The molecule has 0 aromatic heterocycles. The Labute approximate surface area is 87.2 Å². The molecule has 0 aromatic carbocycles. The van der Waals surface area contributed by atoms with Crippen molar-refractivity contribution < 1.29 is 0 Å². The molecule has 1 fully saturated rings. The van der Waals surface area contributed by atoms with E-state index < -0.39 is 0 Å². The van der Waals surface area contributed by atoms with Crippen LogP contribution in [0.2, 0.25) is 0 Å². The van der Waals surface area contributed by atoms with E-state index in [1.807, 2.05) is 0 Å². The van der Waals surface area contributed by atoms with Gasteiger partial charge in [0.1, 0.15) is 0 Å². The highest BCUT2D eigenvalue weighted by Gasteiger charge is 2.21. The molecule has 2 aliphatic rings. The predicted molar refractivity (Wildman–Crippen MR) is 60.7 cm³/mol. The summed E-state index contributed by atoms with van der Waals surface area (Å²) >= 11 is 0. The first-order chi connectivity index (χ1) is 6.86. The lowest BCUT2D eigenvalue weighted by Crippen LogP contribution is -2.38. The Kier molecular flexibility index (Phi) is 3.44. The molecule has 0 radical (unpaired) electrons. The van der Waals surface area contributed by atoms with Gasteiger partial charge in [0.25, 0.3) is 0 Å². The molecule has 1 N–H and O–H groups in total. The Hall–Kier alpha value is -0.530. The zero-order chi connectivity index (χ0) is 9.80. The summed E-state index contributed by atoms with van der Waals surface area (Å²) < 4.78 is 0. The Morgan fingerprint density at radius 3 is 2.64 bits per heavy atom. The van der Waals surface area contributed by atoms with Crippen LogP contribution < -0.4 is 5.32 Å². The standard InChI is InChI=1S/C12H22N2/c1-10(11-6-3-2-4-7-11)14-12-8-5-9-13-12/h10-11H,2-9H2,1H3,(H,13,14)/t10-/m1/s1. The molecule has 1 heterocycles. The number of hydrogen-bond acceptors (Lipinski definition) is 2. The number of hydrogen-bond donors (Lipinski definition) is 1. The summed E-state index contributed by atoms with van der Waals surface area (Å²) in [4.78, 5) is 4.48. The molecule has 0 spiro atoms. The molecule has 1 aliphatic carbocycles. The van der Waals surface area contributed by atoms with Crippen LogP contribution in [-0.4, -0.2) is 18.4 Å². The molecule has 0 amide bonds. The lowest BCUT2D eigenvalue weighted by atomic mass is 9.84. The molecule has 2 heteroatoms. The second-order valence-corrected chi connectivity index (χ2v) is 4.76. The quantitative estimate of drug-likeness (QED) is 0.718. The summed E-state index contributed by atoms with van der Waals surface area (Å²) in [6, 6.07) is 0.646. The summed E-state index contributed by atoms with van der Waals surface area (Å²) in [5, 5.41) is 3.60. The van der Waals surface area contributed by atoms with Crippen LogP contribution in [0, 0.1) is 5.92 Å². The van der Waals surface area contributed by atoms with E-state index in [-0.39, 0.29) is 0 Å². The van der Waals surface area contributed by atoms with Gasteiger partial charge in [-0.1, -0.05) is 19.3 Å².